The lowest BCUT2D eigenvalue weighted by Gasteiger charge is -2.22. The van der Waals surface area contributed by atoms with Crippen LogP contribution in [-0.4, -0.2) is 29.2 Å². The van der Waals surface area contributed by atoms with E-state index in [0.29, 0.717) is 24.9 Å². The Labute approximate surface area is 102 Å². The van der Waals surface area contributed by atoms with Crippen molar-refractivity contribution in [2.45, 2.75) is 26.8 Å². The van der Waals surface area contributed by atoms with Crippen LogP contribution in [0.3, 0.4) is 0 Å². The molecule has 0 saturated carbocycles. The average molecular weight is 239 g/mol. The van der Waals surface area contributed by atoms with Gasteiger partial charge in [-0.2, -0.15) is 0 Å². The van der Waals surface area contributed by atoms with Gasteiger partial charge in [0, 0.05) is 12.7 Å². The molecular formula is C11H21N5O. The van der Waals surface area contributed by atoms with Gasteiger partial charge in [-0.25, -0.2) is 15.8 Å². The zero-order chi connectivity index (χ0) is 12.7. The van der Waals surface area contributed by atoms with Gasteiger partial charge in [0.25, 0.3) is 0 Å². The fourth-order valence-corrected chi connectivity index (χ4v) is 1.35. The highest BCUT2D eigenvalue weighted by atomic mass is 16.5. The van der Waals surface area contributed by atoms with Crippen LogP contribution in [0.1, 0.15) is 20.8 Å². The van der Waals surface area contributed by atoms with Crippen LogP contribution in [0.4, 0.5) is 11.6 Å². The number of hydrazine groups is 1. The lowest BCUT2D eigenvalue weighted by molar-refractivity contribution is 0.126. The average Bonchev–Trinajstić information content (AvgIpc) is 2.34. The summed E-state index contributed by atoms with van der Waals surface area (Å²) in [7, 11) is 0. The number of ether oxygens (including phenoxy) is 1. The maximum absolute atomic E-state index is 5.44. The predicted molar refractivity (Wildman–Crippen MR) is 68.6 cm³/mol. The SMILES string of the molecule is CCOCC(Nc1cc(NN)ncn1)C(C)C. The van der Waals surface area contributed by atoms with E-state index in [9.17, 15) is 0 Å². The molecule has 0 fully saturated rings. The summed E-state index contributed by atoms with van der Waals surface area (Å²) in [5, 5.41) is 3.32. The number of nitrogens with two attached hydrogens (primary N) is 1. The van der Waals surface area contributed by atoms with E-state index >= 15 is 0 Å². The van der Waals surface area contributed by atoms with E-state index in [4.69, 9.17) is 10.6 Å². The molecule has 0 aromatic carbocycles. The van der Waals surface area contributed by atoms with Crippen molar-refractivity contribution >= 4 is 11.6 Å². The molecule has 6 nitrogen and oxygen atoms in total. The standard InChI is InChI=1S/C11H21N5O/c1-4-17-6-9(8(2)3)15-10-5-11(16-12)14-7-13-10/h5,7-9H,4,6,12H2,1-3H3,(H2,13,14,15,16). The van der Waals surface area contributed by atoms with E-state index in [0.717, 1.165) is 5.82 Å². The smallest absolute Gasteiger partial charge is 0.145 e. The molecule has 1 heterocycles. The highest BCUT2D eigenvalue weighted by Gasteiger charge is 2.13. The maximum atomic E-state index is 5.44. The first kappa shape index (κ1) is 13.7. The number of rotatable bonds is 7. The molecule has 0 aliphatic carbocycles. The first-order valence-electron chi connectivity index (χ1n) is 5.80. The zero-order valence-electron chi connectivity index (χ0n) is 10.6. The van der Waals surface area contributed by atoms with Crippen molar-refractivity contribution in [2.75, 3.05) is 24.0 Å². The fraction of sp³-hybridized carbons (Fsp3) is 0.636. The van der Waals surface area contributed by atoms with Crippen LogP contribution in [0, 0.1) is 5.92 Å². The number of hydrogen-bond donors (Lipinski definition) is 3. The van der Waals surface area contributed by atoms with Crippen LogP contribution >= 0.6 is 0 Å². The van der Waals surface area contributed by atoms with Crippen LogP contribution in [0.15, 0.2) is 12.4 Å². The van der Waals surface area contributed by atoms with Crippen molar-refractivity contribution in [2.24, 2.45) is 11.8 Å². The Bertz CT molecular complexity index is 331. The molecule has 0 amide bonds. The van der Waals surface area contributed by atoms with E-state index in [1.165, 1.54) is 6.33 Å². The molecule has 1 unspecified atom stereocenters. The molecule has 4 N–H and O–H groups in total. The van der Waals surface area contributed by atoms with Crippen molar-refractivity contribution < 1.29 is 4.74 Å². The van der Waals surface area contributed by atoms with Crippen molar-refractivity contribution in [3.05, 3.63) is 12.4 Å². The van der Waals surface area contributed by atoms with E-state index in [-0.39, 0.29) is 6.04 Å². The predicted octanol–water partition coefficient (Wildman–Crippen LogP) is 1.24. The Morgan fingerprint density at radius 1 is 1.35 bits per heavy atom. The molecular weight excluding hydrogens is 218 g/mol. The minimum atomic E-state index is 0.218. The van der Waals surface area contributed by atoms with Crippen molar-refractivity contribution in [3.8, 4) is 0 Å². The number of nitrogen functional groups attached to an aromatic ring is 1. The van der Waals surface area contributed by atoms with E-state index in [1.54, 1.807) is 6.07 Å². The summed E-state index contributed by atoms with van der Waals surface area (Å²) in [4.78, 5) is 8.10. The summed E-state index contributed by atoms with van der Waals surface area (Å²) < 4.78 is 5.44. The number of nitrogens with zero attached hydrogens (tertiary/aromatic N) is 2. The van der Waals surface area contributed by atoms with Crippen LogP contribution in [0.2, 0.25) is 0 Å². The molecule has 0 saturated heterocycles. The minimum Gasteiger partial charge on any atom is -0.380 e. The summed E-state index contributed by atoms with van der Waals surface area (Å²) in [5.41, 5.74) is 2.49. The van der Waals surface area contributed by atoms with Gasteiger partial charge < -0.3 is 15.5 Å². The molecule has 0 radical (unpaired) electrons. The first-order chi connectivity index (χ1) is 8.17. The highest BCUT2D eigenvalue weighted by Crippen LogP contribution is 2.12. The molecule has 0 aliphatic heterocycles. The van der Waals surface area contributed by atoms with Crippen LogP contribution in [0.5, 0.6) is 0 Å². The molecule has 1 rings (SSSR count). The third-order valence-electron chi connectivity index (χ3n) is 2.45. The Kier molecular flexibility index (Phi) is 5.65. The van der Waals surface area contributed by atoms with Crippen LogP contribution in [-0.2, 0) is 4.74 Å². The fourth-order valence-electron chi connectivity index (χ4n) is 1.35. The van der Waals surface area contributed by atoms with Gasteiger partial charge in [-0.1, -0.05) is 13.8 Å². The van der Waals surface area contributed by atoms with Gasteiger partial charge in [0.1, 0.15) is 18.0 Å². The van der Waals surface area contributed by atoms with E-state index < -0.39 is 0 Å². The largest absolute Gasteiger partial charge is 0.380 e. The normalized spacial score (nSPS) is 12.5. The Morgan fingerprint density at radius 3 is 2.65 bits per heavy atom. The number of anilines is 2. The molecule has 0 bridgehead atoms. The van der Waals surface area contributed by atoms with Crippen LogP contribution < -0.4 is 16.6 Å². The molecule has 0 aliphatic rings. The second-order valence-electron chi connectivity index (χ2n) is 4.09. The minimum absolute atomic E-state index is 0.218. The van der Waals surface area contributed by atoms with E-state index in [2.05, 4.69) is 34.6 Å². The van der Waals surface area contributed by atoms with Crippen LogP contribution in [0.25, 0.3) is 0 Å². The zero-order valence-corrected chi connectivity index (χ0v) is 10.6. The summed E-state index contributed by atoms with van der Waals surface area (Å²) in [6.07, 6.45) is 1.47. The number of hydrogen-bond acceptors (Lipinski definition) is 6. The number of nitrogens with one attached hydrogen (secondary N) is 2. The van der Waals surface area contributed by atoms with Crippen molar-refractivity contribution in [3.63, 3.8) is 0 Å². The van der Waals surface area contributed by atoms with E-state index in [1.807, 2.05) is 6.92 Å². The Morgan fingerprint density at radius 2 is 2.06 bits per heavy atom. The molecule has 6 heteroatoms. The molecule has 96 valence electrons. The quantitative estimate of drug-likeness (QED) is 0.490. The van der Waals surface area contributed by atoms with Crippen molar-refractivity contribution in [1.82, 2.24) is 9.97 Å². The van der Waals surface area contributed by atoms with Gasteiger partial charge in [-0.15, -0.1) is 0 Å². The summed E-state index contributed by atoms with van der Waals surface area (Å²) in [6, 6.07) is 1.98. The second-order valence-corrected chi connectivity index (χ2v) is 4.09. The second kappa shape index (κ2) is 7.03. The molecule has 17 heavy (non-hydrogen) atoms. The molecule has 1 atom stereocenters. The van der Waals surface area contributed by atoms with Gasteiger partial charge in [-0.05, 0) is 12.8 Å². The monoisotopic (exact) mass is 239 g/mol. The Hall–Kier alpha value is -1.40. The highest BCUT2D eigenvalue weighted by molar-refractivity contribution is 5.46. The lowest BCUT2D eigenvalue weighted by Crippen LogP contribution is -2.31. The molecule has 1 aromatic heterocycles. The maximum Gasteiger partial charge on any atom is 0.145 e. The summed E-state index contributed by atoms with van der Waals surface area (Å²) in [6.45, 7) is 7.63. The third kappa shape index (κ3) is 4.54. The summed E-state index contributed by atoms with van der Waals surface area (Å²) in [5.74, 6) is 7.07. The van der Waals surface area contributed by atoms with Gasteiger partial charge >= 0.3 is 0 Å². The lowest BCUT2D eigenvalue weighted by atomic mass is 10.1. The first-order valence-corrected chi connectivity index (χ1v) is 5.80. The topological polar surface area (TPSA) is 85.1 Å². The van der Waals surface area contributed by atoms with Gasteiger partial charge in [-0.3, -0.25) is 0 Å². The molecule has 1 aromatic rings. The van der Waals surface area contributed by atoms with Gasteiger partial charge in [0.15, 0.2) is 0 Å². The van der Waals surface area contributed by atoms with Gasteiger partial charge in [0.2, 0.25) is 0 Å². The van der Waals surface area contributed by atoms with Crippen molar-refractivity contribution in [1.29, 1.82) is 0 Å². The summed E-state index contributed by atoms with van der Waals surface area (Å²) >= 11 is 0. The number of aromatic nitrogens is 2. The Balaban J connectivity index is 2.64. The van der Waals surface area contributed by atoms with Gasteiger partial charge in [0.05, 0.1) is 12.6 Å². The molecule has 0 spiro atoms. The third-order valence-corrected chi connectivity index (χ3v) is 2.45.